The van der Waals surface area contributed by atoms with Gasteiger partial charge >= 0.3 is 5.63 Å². The van der Waals surface area contributed by atoms with Gasteiger partial charge in [0.25, 0.3) is 5.91 Å². The topological polar surface area (TPSA) is 53.8 Å². The Labute approximate surface area is 159 Å². The number of hydrogen-bond acceptors (Lipinski definition) is 4. The zero-order chi connectivity index (χ0) is 18.8. The van der Waals surface area contributed by atoms with E-state index in [4.69, 9.17) is 4.42 Å². The molecule has 5 nitrogen and oxygen atoms in total. The number of amides is 1. The molecule has 5 heteroatoms. The van der Waals surface area contributed by atoms with Crippen molar-refractivity contribution in [2.75, 3.05) is 32.7 Å². The molecule has 27 heavy (non-hydrogen) atoms. The summed E-state index contributed by atoms with van der Waals surface area (Å²) >= 11 is 0. The first-order valence-electron chi connectivity index (χ1n) is 10.1. The molecule has 0 aliphatic carbocycles. The highest BCUT2D eigenvalue weighted by Gasteiger charge is 2.28. The molecule has 2 saturated heterocycles. The summed E-state index contributed by atoms with van der Waals surface area (Å²) in [5.41, 5.74) is 0.141. The predicted molar refractivity (Wildman–Crippen MR) is 106 cm³/mol. The molecule has 2 fully saturated rings. The quantitative estimate of drug-likeness (QED) is 0.780. The van der Waals surface area contributed by atoms with Gasteiger partial charge in [-0.3, -0.25) is 4.79 Å². The van der Waals surface area contributed by atoms with Crippen molar-refractivity contribution >= 4 is 16.9 Å². The van der Waals surface area contributed by atoms with E-state index in [1.807, 2.05) is 23.1 Å². The van der Waals surface area contributed by atoms with E-state index in [1.54, 1.807) is 12.1 Å². The summed E-state index contributed by atoms with van der Waals surface area (Å²) in [6.45, 7) is 7.17. The average Bonchev–Trinajstić information content (AvgIpc) is 2.69. The van der Waals surface area contributed by atoms with E-state index >= 15 is 0 Å². The Balaban J connectivity index is 1.45. The number of benzene rings is 1. The van der Waals surface area contributed by atoms with Gasteiger partial charge in [-0.05, 0) is 62.7 Å². The number of para-hydroxylation sites is 1. The maximum atomic E-state index is 13.0. The minimum Gasteiger partial charge on any atom is -0.422 e. The molecule has 3 heterocycles. The van der Waals surface area contributed by atoms with Crippen LogP contribution in [0.15, 0.2) is 39.5 Å². The Kier molecular flexibility index (Phi) is 5.30. The number of hydrogen-bond donors (Lipinski definition) is 0. The molecular weight excluding hydrogens is 340 g/mol. The summed E-state index contributed by atoms with van der Waals surface area (Å²) in [5, 5.41) is 0.788. The van der Waals surface area contributed by atoms with Crippen molar-refractivity contribution in [3.05, 3.63) is 46.3 Å². The number of likely N-dealkylation sites (tertiary alicyclic amines) is 2. The van der Waals surface area contributed by atoms with Crippen molar-refractivity contribution in [2.24, 2.45) is 11.8 Å². The van der Waals surface area contributed by atoms with Gasteiger partial charge in [0, 0.05) is 25.0 Å². The lowest BCUT2D eigenvalue weighted by molar-refractivity contribution is 0.0618. The second kappa shape index (κ2) is 7.85. The molecular formula is C22H28N2O3. The Morgan fingerprint density at radius 2 is 1.93 bits per heavy atom. The van der Waals surface area contributed by atoms with Crippen LogP contribution in [0.5, 0.6) is 0 Å². The first-order valence-corrected chi connectivity index (χ1v) is 10.1. The molecule has 1 aromatic heterocycles. The third-order valence-corrected chi connectivity index (χ3v) is 6.07. The standard InChI is InChI=1S/C22H28N2O3/c1-16-8-11-23(12-9-16)14-17-5-4-10-24(15-17)21(25)19-13-18-6-2-3-7-20(18)27-22(19)26/h2-3,6-7,13,16-17H,4-5,8-12,14-15H2,1H3. The van der Waals surface area contributed by atoms with E-state index < -0.39 is 5.63 Å². The molecule has 0 saturated carbocycles. The summed E-state index contributed by atoms with van der Waals surface area (Å²) < 4.78 is 5.35. The van der Waals surface area contributed by atoms with Gasteiger partial charge in [0.05, 0.1) is 0 Å². The first kappa shape index (κ1) is 18.2. The molecule has 2 aliphatic rings. The highest BCUT2D eigenvalue weighted by molar-refractivity contribution is 5.96. The Hall–Kier alpha value is -2.14. The molecule has 0 radical (unpaired) electrons. The van der Waals surface area contributed by atoms with E-state index in [-0.39, 0.29) is 11.5 Å². The molecule has 2 aromatic rings. The monoisotopic (exact) mass is 368 g/mol. The van der Waals surface area contributed by atoms with E-state index in [2.05, 4.69) is 11.8 Å². The molecule has 1 unspecified atom stereocenters. The van der Waals surface area contributed by atoms with Gasteiger partial charge in [-0.25, -0.2) is 4.79 Å². The van der Waals surface area contributed by atoms with Crippen LogP contribution < -0.4 is 5.63 Å². The van der Waals surface area contributed by atoms with Crippen LogP contribution in [0, 0.1) is 11.8 Å². The zero-order valence-corrected chi connectivity index (χ0v) is 16.0. The third kappa shape index (κ3) is 4.08. The lowest BCUT2D eigenvalue weighted by Crippen LogP contribution is -2.46. The smallest absolute Gasteiger partial charge is 0.349 e. The van der Waals surface area contributed by atoms with E-state index in [9.17, 15) is 9.59 Å². The van der Waals surface area contributed by atoms with Crippen molar-refractivity contribution in [2.45, 2.75) is 32.6 Å². The van der Waals surface area contributed by atoms with Crippen LogP contribution in [0.2, 0.25) is 0 Å². The molecule has 1 atom stereocenters. The largest absolute Gasteiger partial charge is 0.422 e. The highest BCUT2D eigenvalue weighted by atomic mass is 16.4. The molecule has 1 amide bonds. The van der Waals surface area contributed by atoms with Gasteiger partial charge in [-0.15, -0.1) is 0 Å². The van der Waals surface area contributed by atoms with Crippen LogP contribution in [0.4, 0.5) is 0 Å². The van der Waals surface area contributed by atoms with E-state index in [0.717, 1.165) is 43.8 Å². The van der Waals surface area contributed by atoms with Crippen LogP contribution in [-0.4, -0.2) is 48.4 Å². The minimum absolute atomic E-state index is 0.154. The fourth-order valence-electron chi connectivity index (χ4n) is 4.39. The Bertz CT molecular complexity index is 867. The molecule has 144 valence electrons. The van der Waals surface area contributed by atoms with Crippen molar-refractivity contribution < 1.29 is 9.21 Å². The zero-order valence-electron chi connectivity index (χ0n) is 16.0. The summed E-state index contributed by atoms with van der Waals surface area (Å²) in [4.78, 5) is 29.7. The molecule has 1 aromatic carbocycles. The highest BCUT2D eigenvalue weighted by Crippen LogP contribution is 2.23. The SMILES string of the molecule is CC1CCN(CC2CCCN(C(=O)c3cc4ccccc4oc3=O)C2)CC1. The fraction of sp³-hybridized carbons (Fsp3) is 0.545. The lowest BCUT2D eigenvalue weighted by atomic mass is 9.94. The molecule has 4 rings (SSSR count). The second-order valence-electron chi connectivity index (χ2n) is 8.23. The maximum Gasteiger partial charge on any atom is 0.349 e. The minimum atomic E-state index is -0.536. The normalized spacial score (nSPS) is 22.3. The number of carbonyl (C=O) groups excluding carboxylic acids is 1. The van der Waals surface area contributed by atoms with Crippen molar-refractivity contribution in [1.29, 1.82) is 0 Å². The summed E-state index contributed by atoms with van der Waals surface area (Å²) in [6.07, 6.45) is 4.70. The summed E-state index contributed by atoms with van der Waals surface area (Å²) in [7, 11) is 0. The van der Waals surface area contributed by atoms with Crippen LogP contribution in [0.1, 0.15) is 43.0 Å². The molecule has 0 bridgehead atoms. The van der Waals surface area contributed by atoms with Gasteiger partial charge in [-0.2, -0.15) is 0 Å². The number of piperidine rings is 2. The maximum absolute atomic E-state index is 13.0. The Morgan fingerprint density at radius 3 is 2.74 bits per heavy atom. The van der Waals surface area contributed by atoms with Gasteiger partial charge in [-0.1, -0.05) is 25.1 Å². The van der Waals surface area contributed by atoms with Gasteiger partial charge in [0.15, 0.2) is 0 Å². The van der Waals surface area contributed by atoms with Crippen LogP contribution in [-0.2, 0) is 0 Å². The molecule has 0 spiro atoms. The predicted octanol–water partition coefficient (Wildman–Crippen LogP) is 3.38. The number of fused-ring (bicyclic) bond motifs is 1. The van der Waals surface area contributed by atoms with Crippen molar-refractivity contribution in [1.82, 2.24) is 9.80 Å². The van der Waals surface area contributed by atoms with Crippen LogP contribution in [0.25, 0.3) is 11.0 Å². The van der Waals surface area contributed by atoms with Gasteiger partial charge in [0.2, 0.25) is 0 Å². The van der Waals surface area contributed by atoms with E-state index in [0.29, 0.717) is 11.5 Å². The van der Waals surface area contributed by atoms with E-state index in [1.165, 1.54) is 25.9 Å². The van der Waals surface area contributed by atoms with Crippen LogP contribution >= 0.6 is 0 Å². The van der Waals surface area contributed by atoms with Crippen molar-refractivity contribution in [3.8, 4) is 0 Å². The molecule has 2 aliphatic heterocycles. The number of rotatable bonds is 3. The first-order chi connectivity index (χ1) is 13.1. The summed E-state index contributed by atoms with van der Waals surface area (Å²) in [6, 6.07) is 9.00. The molecule has 0 N–H and O–H groups in total. The van der Waals surface area contributed by atoms with Gasteiger partial charge in [0.1, 0.15) is 11.1 Å². The lowest BCUT2D eigenvalue weighted by Gasteiger charge is -2.37. The second-order valence-corrected chi connectivity index (χ2v) is 8.23. The van der Waals surface area contributed by atoms with Crippen LogP contribution in [0.3, 0.4) is 0 Å². The Morgan fingerprint density at radius 1 is 1.15 bits per heavy atom. The summed E-state index contributed by atoms with van der Waals surface area (Å²) in [5.74, 6) is 1.13. The third-order valence-electron chi connectivity index (χ3n) is 6.07. The number of carbonyl (C=O) groups is 1. The fourth-order valence-corrected chi connectivity index (χ4v) is 4.39. The number of nitrogens with zero attached hydrogens (tertiary/aromatic N) is 2. The van der Waals surface area contributed by atoms with Gasteiger partial charge < -0.3 is 14.2 Å². The van der Waals surface area contributed by atoms with Crippen molar-refractivity contribution in [3.63, 3.8) is 0 Å². The average molecular weight is 368 g/mol.